The van der Waals surface area contributed by atoms with Gasteiger partial charge in [0.2, 0.25) is 0 Å². The number of halogens is 1. The zero-order valence-electron chi connectivity index (χ0n) is 8.83. The summed E-state index contributed by atoms with van der Waals surface area (Å²) in [5.74, 6) is -0.0476. The molecule has 15 heavy (non-hydrogen) atoms. The Labute approximate surface area is 95.0 Å². The van der Waals surface area contributed by atoms with Crippen molar-refractivity contribution in [3.05, 3.63) is 23.0 Å². The average Bonchev–Trinajstić information content (AvgIpc) is 2.64. The number of carbonyl (C=O) groups excluding carboxylic acids is 1. The van der Waals surface area contributed by atoms with Crippen molar-refractivity contribution in [2.75, 3.05) is 0 Å². The molecule has 2 rings (SSSR count). The van der Waals surface area contributed by atoms with Crippen molar-refractivity contribution in [2.45, 2.75) is 32.4 Å². The second kappa shape index (κ2) is 4.24. The minimum Gasteiger partial charge on any atom is -0.354 e. The first-order valence-electron chi connectivity index (χ1n) is 4.80. The van der Waals surface area contributed by atoms with Crippen LogP contribution in [-0.4, -0.2) is 23.0 Å². The van der Waals surface area contributed by atoms with Crippen molar-refractivity contribution >= 4 is 18.3 Å². The first-order chi connectivity index (χ1) is 6.58. The van der Waals surface area contributed by atoms with Crippen LogP contribution in [0.25, 0.3) is 0 Å². The van der Waals surface area contributed by atoms with Crippen LogP contribution in [-0.2, 0) is 0 Å². The van der Waals surface area contributed by atoms with E-state index in [4.69, 9.17) is 5.73 Å². The quantitative estimate of drug-likeness (QED) is 0.705. The molecular formula is C10H16ClN3O. The van der Waals surface area contributed by atoms with E-state index in [0.717, 1.165) is 17.7 Å². The van der Waals surface area contributed by atoms with Gasteiger partial charge in [-0.2, -0.15) is 0 Å². The Kier molecular flexibility index (Phi) is 3.42. The van der Waals surface area contributed by atoms with Gasteiger partial charge < -0.3 is 16.0 Å². The van der Waals surface area contributed by atoms with E-state index >= 15 is 0 Å². The molecule has 1 aromatic rings. The van der Waals surface area contributed by atoms with Gasteiger partial charge in [-0.1, -0.05) is 0 Å². The molecule has 2 atom stereocenters. The van der Waals surface area contributed by atoms with E-state index in [1.54, 1.807) is 0 Å². The van der Waals surface area contributed by atoms with Crippen LogP contribution < -0.4 is 11.1 Å². The molecule has 0 radical (unpaired) electrons. The Balaban J connectivity index is 0.00000112. The van der Waals surface area contributed by atoms with Crippen molar-refractivity contribution in [2.24, 2.45) is 5.73 Å². The third kappa shape index (κ3) is 2.52. The van der Waals surface area contributed by atoms with E-state index in [9.17, 15) is 4.79 Å². The maximum atomic E-state index is 11.7. The molecule has 0 bridgehead atoms. The maximum absolute atomic E-state index is 11.7. The number of nitrogens with one attached hydrogen (secondary N) is 2. The number of hydrogen-bond donors (Lipinski definition) is 3. The number of aromatic amines is 1. The summed E-state index contributed by atoms with van der Waals surface area (Å²) in [6.45, 7) is 3.86. The minimum atomic E-state index is -0.0476. The monoisotopic (exact) mass is 229 g/mol. The molecule has 4 N–H and O–H groups in total. The van der Waals surface area contributed by atoms with Gasteiger partial charge in [0.05, 0.1) is 0 Å². The maximum Gasteiger partial charge on any atom is 0.268 e. The molecule has 1 aliphatic rings. The molecule has 4 nitrogen and oxygen atoms in total. The summed E-state index contributed by atoms with van der Waals surface area (Å²) in [5, 5.41) is 2.88. The van der Waals surface area contributed by atoms with Gasteiger partial charge in [-0.15, -0.1) is 12.4 Å². The highest BCUT2D eigenvalue weighted by Crippen LogP contribution is 2.19. The lowest BCUT2D eigenvalue weighted by molar-refractivity contribution is 0.0945. The van der Waals surface area contributed by atoms with Crippen LogP contribution in [0, 0.1) is 13.8 Å². The molecule has 5 heteroatoms. The third-order valence-electron chi connectivity index (χ3n) is 2.53. The Morgan fingerprint density at radius 1 is 1.60 bits per heavy atom. The average molecular weight is 230 g/mol. The molecule has 1 heterocycles. The summed E-state index contributed by atoms with van der Waals surface area (Å²) in [6.07, 6.45) is 0.893. The Morgan fingerprint density at radius 2 is 2.20 bits per heavy atom. The number of rotatable bonds is 2. The van der Waals surface area contributed by atoms with E-state index in [0.29, 0.717) is 5.69 Å². The van der Waals surface area contributed by atoms with Crippen LogP contribution in [0.1, 0.15) is 28.2 Å². The molecule has 0 saturated heterocycles. The normalized spacial score (nSPS) is 23.1. The highest BCUT2D eigenvalue weighted by molar-refractivity contribution is 5.94. The summed E-state index contributed by atoms with van der Waals surface area (Å²) >= 11 is 0. The molecule has 84 valence electrons. The lowest BCUT2D eigenvalue weighted by atomic mass is 10.2. The number of aromatic nitrogens is 1. The number of carbonyl (C=O) groups is 1. The predicted octanol–water partition coefficient (Wildman–Crippen LogP) is 0.883. The fourth-order valence-corrected chi connectivity index (χ4v) is 1.59. The van der Waals surface area contributed by atoms with Crippen LogP contribution in [0.3, 0.4) is 0 Å². The van der Waals surface area contributed by atoms with Gasteiger partial charge >= 0.3 is 0 Å². The third-order valence-corrected chi connectivity index (χ3v) is 2.53. The highest BCUT2D eigenvalue weighted by Gasteiger charge is 2.35. The van der Waals surface area contributed by atoms with Crippen LogP contribution in [0.15, 0.2) is 6.07 Å². The minimum absolute atomic E-state index is 0. The van der Waals surface area contributed by atoms with Gasteiger partial charge in [-0.25, -0.2) is 0 Å². The summed E-state index contributed by atoms with van der Waals surface area (Å²) in [4.78, 5) is 14.7. The first kappa shape index (κ1) is 12.1. The van der Waals surface area contributed by atoms with E-state index in [-0.39, 0.29) is 30.4 Å². The number of hydrogen-bond acceptors (Lipinski definition) is 2. The first-order valence-corrected chi connectivity index (χ1v) is 4.80. The van der Waals surface area contributed by atoms with Gasteiger partial charge in [0.15, 0.2) is 0 Å². The molecule has 2 unspecified atom stereocenters. The van der Waals surface area contributed by atoms with Crippen molar-refractivity contribution in [3.8, 4) is 0 Å². The number of H-pyrrole nitrogens is 1. The van der Waals surface area contributed by atoms with E-state index < -0.39 is 0 Å². The second-order valence-corrected chi connectivity index (χ2v) is 3.99. The second-order valence-electron chi connectivity index (χ2n) is 3.99. The smallest absolute Gasteiger partial charge is 0.268 e. The van der Waals surface area contributed by atoms with Crippen LogP contribution in [0.4, 0.5) is 0 Å². The molecule has 0 aliphatic heterocycles. The van der Waals surface area contributed by atoms with Crippen LogP contribution in [0.2, 0.25) is 0 Å². The summed E-state index contributed by atoms with van der Waals surface area (Å²) in [5.41, 5.74) is 8.25. The van der Waals surface area contributed by atoms with Gasteiger partial charge in [-0.3, -0.25) is 4.79 Å². The molecule has 1 saturated carbocycles. The number of nitrogens with two attached hydrogens (primary N) is 1. The fourth-order valence-electron chi connectivity index (χ4n) is 1.59. The van der Waals surface area contributed by atoms with Gasteiger partial charge in [-0.05, 0) is 31.9 Å². The molecule has 0 aromatic carbocycles. The number of amides is 1. The summed E-state index contributed by atoms with van der Waals surface area (Å²) in [6, 6.07) is 2.28. The fraction of sp³-hybridized carbons (Fsp3) is 0.500. The summed E-state index contributed by atoms with van der Waals surface area (Å²) in [7, 11) is 0. The standard InChI is InChI=1S/C10H15N3O.ClH/c1-5-3-6(2)12-9(5)10(14)13-8-4-7(8)11;/h3,7-8,12H,4,11H2,1-2H3,(H,13,14);1H. The van der Waals surface area contributed by atoms with Gasteiger partial charge in [0.1, 0.15) is 5.69 Å². The molecule has 1 aromatic heterocycles. The topological polar surface area (TPSA) is 70.9 Å². The number of aryl methyl sites for hydroxylation is 2. The van der Waals surface area contributed by atoms with Crippen LogP contribution in [0.5, 0.6) is 0 Å². The van der Waals surface area contributed by atoms with Crippen molar-refractivity contribution in [3.63, 3.8) is 0 Å². The van der Waals surface area contributed by atoms with E-state index in [1.807, 2.05) is 19.9 Å². The highest BCUT2D eigenvalue weighted by atomic mass is 35.5. The summed E-state index contributed by atoms with van der Waals surface area (Å²) < 4.78 is 0. The van der Waals surface area contributed by atoms with Crippen molar-refractivity contribution < 1.29 is 4.79 Å². The Hall–Kier alpha value is -1.00. The van der Waals surface area contributed by atoms with Gasteiger partial charge in [0, 0.05) is 17.8 Å². The van der Waals surface area contributed by atoms with Gasteiger partial charge in [0.25, 0.3) is 5.91 Å². The molecule has 0 spiro atoms. The van der Waals surface area contributed by atoms with E-state index in [1.165, 1.54) is 0 Å². The Bertz CT molecular complexity index is 375. The molecular weight excluding hydrogens is 214 g/mol. The lowest BCUT2D eigenvalue weighted by Crippen LogP contribution is -2.30. The lowest BCUT2D eigenvalue weighted by Gasteiger charge is -2.02. The van der Waals surface area contributed by atoms with Crippen molar-refractivity contribution in [1.82, 2.24) is 10.3 Å². The van der Waals surface area contributed by atoms with E-state index in [2.05, 4.69) is 10.3 Å². The SMILES string of the molecule is Cc1cc(C)c(C(=O)NC2CC2N)[nH]1.Cl. The largest absolute Gasteiger partial charge is 0.354 e. The zero-order chi connectivity index (χ0) is 10.3. The Morgan fingerprint density at radius 3 is 2.60 bits per heavy atom. The predicted molar refractivity (Wildman–Crippen MR) is 61.4 cm³/mol. The molecule has 1 amide bonds. The zero-order valence-corrected chi connectivity index (χ0v) is 9.65. The van der Waals surface area contributed by atoms with Crippen molar-refractivity contribution in [1.29, 1.82) is 0 Å². The van der Waals surface area contributed by atoms with Crippen LogP contribution >= 0.6 is 12.4 Å². The molecule has 1 fully saturated rings. The molecule has 1 aliphatic carbocycles.